The largest absolute Gasteiger partial charge is 0.488 e. The number of ether oxygens (including phenoxy) is 1. The number of hydrogen-bond acceptors (Lipinski definition) is 4. The molecule has 1 aliphatic rings. The molecule has 196 valence electrons. The van der Waals surface area contributed by atoms with Gasteiger partial charge in [0.2, 0.25) is 0 Å². The summed E-state index contributed by atoms with van der Waals surface area (Å²) in [5.41, 5.74) is 2.45. The first-order chi connectivity index (χ1) is 19.1. The Morgan fingerprint density at radius 1 is 0.923 bits per heavy atom. The fourth-order valence-electron chi connectivity index (χ4n) is 5.32. The van der Waals surface area contributed by atoms with Crippen molar-refractivity contribution in [1.82, 2.24) is 9.66 Å². The van der Waals surface area contributed by atoms with Crippen LogP contribution in [-0.2, 0) is 6.61 Å². The van der Waals surface area contributed by atoms with Crippen molar-refractivity contribution in [2.75, 3.05) is 0 Å². The summed E-state index contributed by atoms with van der Waals surface area (Å²) in [5.74, 6) is 1.66. The van der Waals surface area contributed by atoms with E-state index in [-0.39, 0.29) is 11.5 Å². The highest BCUT2D eigenvalue weighted by atomic mass is 79.9. The van der Waals surface area contributed by atoms with Gasteiger partial charge in [-0.25, -0.2) is 4.98 Å². The van der Waals surface area contributed by atoms with Crippen molar-refractivity contribution in [3.63, 3.8) is 0 Å². The quantitative estimate of drug-likeness (QED) is 0.174. The highest BCUT2D eigenvalue weighted by molar-refractivity contribution is 9.11. The van der Waals surface area contributed by atoms with Gasteiger partial charge in [0, 0.05) is 26.0 Å². The zero-order chi connectivity index (χ0) is 26.8. The van der Waals surface area contributed by atoms with Gasteiger partial charge in [-0.15, -0.1) is 0 Å². The lowest BCUT2D eigenvalue weighted by molar-refractivity contribution is 0.305. The first-order valence-corrected chi connectivity index (χ1v) is 14.8. The summed E-state index contributed by atoms with van der Waals surface area (Å²) in [6.07, 6.45) is 7.31. The van der Waals surface area contributed by atoms with Crippen LogP contribution in [0.25, 0.3) is 21.7 Å². The lowest BCUT2D eigenvalue weighted by Crippen LogP contribution is -2.25. The van der Waals surface area contributed by atoms with Crippen molar-refractivity contribution in [1.29, 1.82) is 0 Å². The highest BCUT2D eigenvalue weighted by Crippen LogP contribution is 2.33. The molecule has 7 heteroatoms. The first-order valence-electron chi connectivity index (χ1n) is 13.2. The highest BCUT2D eigenvalue weighted by Gasteiger charge is 2.22. The Morgan fingerprint density at radius 2 is 1.69 bits per heavy atom. The predicted molar refractivity (Wildman–Crippen MR) is 165 cm³/mol. The standard InChI is InChI=1S/C32H27Br2N3O2/c33-24-16-14-23(28(34)18-24)20-39-30-17-15-21-8-4-5-11-25(21)27(30)19-35-37-31(22-9-2-1-3-10-22)36-29-13-7-6-12-26(29)32(37)38/h4-8,11-19,22H,1-3,9-10,20H2. The second-order valence-electron chi connectivity index (χ2n) is 9.91. The van der Waals surface area contributed by atoms with Crippen LogP contribution >= 0.6 is 31.9 Å². The number of hydrogen-bond donors (Lipinski definition) is 0. The molecule has 1 aliphatic carbocycles. The van der Waals surface area contributed by atoms with Gasteiger partial charge in [0.05, 0.1) is 17.1 Å². The maximum Gasteiger partial charge on any atom is 0.282 e. The van der Waals surface area contributed by atoms with Gasteiger partial charge in [-0.3, -0.25) is 4.79 Å². The second-order valence-corrected chi connectivity index (χ2v) is 11.7. The first kappa shape index (κ1) is 26.0. The minimum atomic E-state index is -0.140. The summed E-state index contributed by atoms with van der Waals surface area (Å²) < 4.78 is 9.84. The van der Waals surface area contributed by atoms with Gasteiger partial charge >= 0.3 is 0 Å². The number of aromatic nitrogens is 2. The number of fused-ring (bicyclic) bond motifs is 2. The van der Waals surface area contributed by atoms with Crippen molar-refractivity contribution in [2.24, 2.45) is 5.10 Å². The zero-order valence-corrected chi connectivity index (χ0v) is 24.5. The molecule has 0 spiro atoms. The van der Waals surface area contributed by atoms with Gasteiger partial charge < -0.3 is 4.74 Å². The Hall–Kier alpha value is -3.29. The Balaban J connectivity index is 1.45. The van der Waals surface area contributed by atoms with Crippen LogP contribution in [0.3, 0.4) is 0 Å². The molecular formula is C32H27Br2N3O2. The van der Waals surface area contributed by atoms with Crippen molar-refractivity contribution >= 4 is 59.7 Å². The van der Waals surface area contributed by atoms with Crippen LogP contribution in [0.15, 0.2) is 97.7 Å². The van der Waals surface area contributed by atoms with Gasteiger partial charge in [-0.05, 0) is 53.9 Å². The molecule has 0 atom stereocenters. The predicted octanol–water partition coefficient (Wildman–Crippen LogP) is 8.58. The maximum absolute atomic E-state index is 13.7. The van der Waals surface area contributed by atoms with E-state index in [4.69, 9.17) is 14.8 Å². The number of benzene rings is 4. The summed E-state index contributed by atoms with van der Waals surface area (Å²) >= 11 is 7.14. The molecule has 0 unspecified atom stereocenters. The summed E-state index contributed by atoms with van der Waals surface area (Å²) in [6.45, 7) is 0.387. The third-order valence-electron chi connectivity index (χ3n) is 7.38. The van der Waals surface area contributed by atoms with Crippen LogP contribution < -0.4 is 10.3 Å². The van der Waals surface area contributed by atoms with Gasteiger partial charge in [-0.2, -0.15) is 9.78 Å². The summed E-state index contributed by atoms with van der Waals surface area (Å²) in [5, 5.41) is 7.48. The fraction of sp³-hybridized carbons (Fsp3) is 0.219. The molecule has 4 aromatic carbocycles. The summed E-state index contributed by atoms with van der Waals surface area (Å²) in [7, 11) is 0. The average Bonchev–Trinajstić information content (AvgIpc) is 2.97. The van der Waals surface area contributed by atoms with E-state index in [1.54, 1.807) is 6.21 Å². The lowest BCUT2D eigenvalue weighted by Gasteiger charge is -2.22. The monoisotopic (exact) mass is 643 g/mol. The van der Waals surface area contributed by atoms with Crippen LogP contribution in [-0.4, -0.2) is 15.9 Å². The molecule has 5 nitrogen and oxygen atoms in total. The number of rotatable bonds is 6. The molecule has 5 aromatic rings. The molecule has 0 radical (unpaired) electrons. The zero-order valence-electron chi connectivity index (χ0n) is 21.3. The molecular weight excluding hydrogens is 618 g/mol. The topological polar surface area (TPSA) is 56.5 Å². The fourth-order valence-corrected chi connectivity index (χ4v) is 6.48. The third-order valence-corrected chi connectivity index (χ3v) is 8.61. The lowest BCUT2D eigenvalue weighted by atomic mass is 9.88. The average molecular weight is 645 g/mol. The molecule has 6 rings (SSSR count). The van der Waals surface area contributed by atoms with E-state index < -0.39 is 0 Å². The van der Waals surface area contributed by atoms with Crippen LogP contribution in [0.1, 0.15) is 55.0 Å². The molecule has 1 fully saturated rings. The van der Waals surface area contributed by atoms with E-state index in [2.05, 4.69) is 50.1 Å². The van der Waals surface area contributed by atoms with Crippen molar-refractivity contribution < 1.29 is 4.74 Å². The summed E-state index contributed by atoms with van der Waals surface area (Å²) in [4.78, 5) is 18.7. The van der Waals surface area contributed by atoms with E-state index in [1.165, 1.54) is 11.1 Å². The van der Waals surface area contributed by atoms with Crippen LogP contribution in [0, 0.1) is 0 Å². The van der Waals surface area contributed by atoms with Gasteiger partial charge in [-0.1, -0.05) is 99.7 Å². The maximum atomic E-state index is 13.7. The molecule has 39 heavy (non-hydrogen) atoms. The van der Waals surface area contributed by atoms with Crippen molar-refractivity contribution in [3.05, 3.63) is 115 Å². The molecule has 0 bridgehead atoms. The normalized spacial score (nSPS) is 14.4. The van der Waals surface area contributed by atoms with E-state index in [0.717, 1.165) is 67.9 Å². The molecule has 0 amide bonds. The molecule has 0 saturated heterocycles. The molecule has 1 heterocycles. The number of nitrogens with zero attached hydrogens (tertiary/aromatic N) is 3. The Labute approximate surface area is 243 Å². The van der Waals surface area contributed by atoms with Crippen LogP contribution in [0.2, 0.25) is 0 Å². The smallest absolute Gasteiger partial charge is 0.282 e. The van der Waals surface area contributed by atoms with E-state index in [9.17, 15) is 4.79 Å². The Bertz CT molecular complexity index is 1760. The van der Waals surface area contributed by atoms with E-state index >= 15 is 0 Å². The minimum Gasteiger partial charge on any atom is -0.488 e. The summed E-state index contributed by atoms with van der Waals surface area (Å²) in [6, 6.07) is 25.7. The van der Waals surface area contributed by atoms with Crippen molar-refractivity contribution in [2.45, 2.75) is 44.6 Å². The molecule has 1 saturated carbocycles. The second kappa shape index (κ2) is 11.4. The van der Waals surface area contributed by atoms with Crippen LogP contribution in [0.4, 0.5) is 0 Å². The van der Waals surface area contributed by atoms with Gasteiger partial charge in [0.15, 0.2) is 0 Å². The Kier molecular flexibility index (Phi) is 7.62. The van der Waals surface area contributed by atoms with E-state index in [1.807, 2.05) is 60.7 Å². The molecule has 0 N–H and O–H groups in total. The van der Waals surface area contributed by atoms with Gasteiger partial charge in [0.25, 0.3) is 5.56 Å². The third kappa shape index (κ3) is 5.43. The molecule has 0 aliphatic heterocycles. The van der Waals surface area contributed by atoms with Crippen molar-refractivity contribution in [3.8, 4) is 5.75 Å². The minimum absolute atomic E-state index is 0.140. The van der Waals surface area contributed by atoms with E-state index in [0.29, 0.717) is 17.7 Å². The number of halogens is 2. The Morgan fingerprint density at radius 3 is 2.51 bits per heavy atom. The SMILES string of the molecule is O=c1c2ccccc2nc(C2CCCCC2)n1N=Cc1c(OCc2ccc(Br)cc2Br)ccc2ccccc12. The van der Waals surface area contributed by atoms with Gasteiger partial charge in [0.1, 0.15) is 18.2 Å². The molecule has 1 aromatic heterocycles. The van der Waals surface area contributed by atoms with Crippen LogP contribution in [0.5, 0.6) is 5.75 Å². The number of para-hydroxylation sites is 1.